The van der Waals surface area contributed by atoms with Crippen LogP contribution in [0.15, 0.2) is 71.0 Å². The molecule has 5 rings (SSSR count). The van der Waals surface area contributed by atoms with E-state index in [0.29, 0.717) is 34.8 Å². The second-order valence-electron chi connectivity index (χ2n) is 11.3. The zero-order valence-electron chi connectivity index (χ0n) is 26.6. The van der Waals surface area contributed by atoms with Gasteiger partial charge in [-0.25, -0.2) is 4.68 Å². The summed E-state index contributed by atoms with van der Waals surface area (Å²) in [4.78, 5) is 18.7. The van der Waals surface area contributed by atoms with Crippen LogP contribution in [0.3, 0.4) is 0 Å². The fourth-order valence-corrected chi connectivity index (χ4v) is 6.24. The van der Waals surface area contributed by atoms with Gasteiger partial charge in [0.05, 0.1) is 12.7 Å². The number of hydrogen-bond acceptors (Lipinski definition) is 7. The van der Waals surface area contributed by atoms with E-state index in [1.54, 1.807) is 23.6 Å². The molecule has 0 fully saturated rings. The number of amides is 1. The van der Waals surface area contributed by atoms with E-state index < -0.39 is 6.04 Å². The second kappa shape index (κ2) is 13.6. The fraction of sp³-hybridized carbons (Fsp3) is 0.343. The average molecular weight is 612 g/mol. The first-order chi connectivity index (χ1) is 21.2. The van der Waals surface area contributed by atoms with Crippen LogP contribution in [-0.2, 0) is 11.4 Å². The predicted octanol–water partition coefficient (Wildman–Crippen LogP) is 7.92. The van der Waals surface area contributed by atoms with Crippen LogP contribution < -0.4 is 20.1 Å². The molecule has 1 aliphatic heterocycles. The standard InChI is InChI=1S/C35H41N5O3S/c1-8-9-15-44-35-38-34-36-25(6)31(33(41)37-28-12-10-11-21(2)16-28)32(40(34)39-35)26-13-14-29(30(19-26)42-7)43-20-27-18-23(4)22(3)17-24(27)5/h10-14,16-19,32H,8-9,15,20H2,1-7H3,(H,37,41)(H,36,38,39). The van der Waals surface area contributed by atoms with Crippen molar-refractivity contribution in [2.24, 2.45) is 0 Å². The van der Waals surface area contributed by atoms with Crippen LogP contribution in [-0.4, -0.2) is 33.5 Å². The number of allylic oxidation sites excluding steroid dienone is 1. The molecule has 0 bridgehead atoms. The Kier molecular flexibility index (Phi) is 9.64. The van der Waals surface area contributed by atoms with E-state index in [-0.39, 0.29) is 5.91 Å². The maximum atomic E-state index is 13.9. The lowest BCUT2D eigenvalue weighted by atomic mass is 9.94. The molecule has 0 radical (unpaired) electrons. The number of ether oxygens (including phenoxy) is 2. The molecule has 0 aliphatic carbocycles. The Morgan fingerprint density at radius 3 is 2.55 bits per heavy atom. The highest BCUT2D eigenvalue weighted by Crippen LogP contribution is 2.40. The number of unbranched alkanes of at least 4 members (excludes halogenated alkanes) is 1. The van der Waals surface area contributed by atoms with Crippen LogP contribution in [0.2, 0.25) is 0 Å². The van der Waals surface area contributed by atoms with Crippen molar-refractivity contribution < 1.29 is 14.3 Å². The molecular weight excluding hydrogens is 570 g/mol. The van der Waals surface area contributed by atoms with Crippen LogP contribution in [0, 0.1) is 27.7 Å². The summed E-state index contributed by atoms with van der Waals surface area (Å²) in [5, 5.41) is 12.0. The Balaban J connectivity index is 1.50. The molecule has 1 unspecified atom stereocenters. The number of hydrogen-bond donors (Lipinski definition) is 2. The van der Waals surface area contributed by atoms with Gasteiger partial charge in [-0.2, -0.15) is 4.98 Å². The summed E-state index contributed by atoms with van der Waals surface area (Å²) in [6.45, 7) is 12.8. The lowest BCUT2D eigenvalue weighted by Crippen LogP contribution is -2.31. The van der Waals surface area contributed by atoms with Gasteiger partial charge in [-0.1, -0.05) is 55.4 Å². The third kappa shape index (κ3) is 6.78. The highest BCUT2D eigenvalue weighted by molar-refractivity contribution is 7.99. The lowest BCUT2D eigenvalue weighted by Gasteiger charge is -2.29. The van der Waals surface area contributed by atoms with Gasteiger partial charge in [0.25, 0.3) is 5.91 Å². The van der Waals surface area contributed by atoms with Gasteiger partial charge < -0.3 is 20.1 Å². The number of benzene rings is 3. The largest absolute Gasteiger partial charge is 0.493 e. The summed E-state index contributed by atoms with van der Waals surface area (Å²) in [5.41, 5.74) is 8.72. The number of aromatic nitrogens is 3. The first-order valence-corrected chi connectivity index (χ1v) is 16.0. The molecule has 2 heterocycles. The van der Waals surface area contributed by atoms with E-state index in [2.05, 4.69) is 50.5 Å². The van der Waals surface area contributed by atoms with E-state index in [1.807, 2.05) is 56.3 Å². The number of aryl methyl sites for hydroxylation is 4. The number of nitrogens with zero attached hydrogens (tertiary/aromatic N) is 3. The molecule has 44 heavy (non-hydrogen) atoms. The molecule has 9 heteroatoms. The maximum absolute atomic E-state index is 13.9. The summed E-state index contributed by atoms with van der Waals surface area (Å²) in [6.07, 6.45) is 2.18. The summed E-state index contributed by atoms with van der Waals surface area (Å²) in [5.74, 6) is 2.53. The van der Waals surface area contributed by atoms with Crippen molar-refractivity contribution in [1.29, 1.82) is 0 Å². The van der Waals surface area contributed by atoms with Crippen molar-refractivity contribution in [3.8, 4) is 11.5 Å². The number of fused-ring (bicyclic) bond motifs is 1. The van der Waals surface area contributed by atoms with Gasteiger partial charge in [0, 0.05) is 17.1 Å². The Labute approximate surface area is 264 Å². The molecule has 0 spiro atoms. The Bertz CT molecular complexity index is 1710. The molecule has 1 atom stereocenters. The molecular formula is C35H41N5O3S. The number of carbonyl (C=O) groups is 1. The zero-order valence-corrected chi connectivity index (χ0v) is 27.4. The normalized spacial score (nSPS) is 14.2. The topological polar surface area (TPSA) is 90.3 Å². The van der Waals surface area contributed by atoms with Crippen LogP contribution in [0.1, 0.15) is 66.1 Å². The van der Waals surface area contributed by atoms with Gasteiger partial charge in [0.2, 0.25) is 11.1 Å². The molecule has 3 aromatic carbocycles. The van der Waals surface area contributed by atoms with Crippen LogP contribution in [0.5, 0.6) is 11.5 Å². The van der Waals surface area contributed by atoms with Crippen molar-refractivity contribution in [2.45, 2.75) is 72.2 Å². The van der Waals surface area contributed by atoms with E-state index in [1.165, 1.54) is 16.7 Å². The second-order valence-corrected chi connectivity index (χ2v) is 12.4. The third-order valence-corrected chi connectivity index (χ3v) is 8.85. The minimum absolute atomic E-state index is 0.212. The van der Waals surface area contributed by atoms with E-state index in [0.717, 1.165) is 46.7 Å². The summed E-state index contributed by atoms with van der Waals surface area (Å²) in [7, 11) is 1.63. The molecule has 4 aromatic rings. The maximum Gasteiger partial charge on any atom is 0.255 e. The molecule has 8 nitrogen and oxygen atoms in total. The monoisotopic (exact) mass is 611 g/mol. The Morgan fingerprint density at radius 1 is 1.00 bits per heavy atom. The van der Waals surface area contributed by atoms with Crippen LogP contribution in [0.25, 0.3) is 0 Å². The van der Waals surface area contributed by atoms with E-state index >= 15 is 0 Å². The van der Waals surface area contributed by atoms with Crippen LogP contribution >= 0.6 is 11.8 Å². The average Bonchev–Trinajstić information content (AvgIpc) is 3.39. The molecule has 1 aliphatic rings. The highest BCUT2D eigenvalue weighted by atomic mass is 32.2. The SMILES string of the molecule is CCCCSc1nc2n(n1)C(c1ccc(OCc3cc(C)c(C)cc3C)c(OC)c1)C(C(=O)Nc1cccc(C)c1)=C(C)N2. The highest BCUT2D eigenvalue weighted by Gasteiger charge is 2.35. The Hall–Kier alpha value is -4.24. The number of nitrogens with one attached hydrogen (secondary N) is 2. The quantitative estimate of drug-likeness (QED) is 0.132. The van der Waals surface area contributed by atoms with Gasteiger partial charge in [0.1, 0.15) is 12.6 Å². The van der Waals surface area contributed by atoms with E-state index in [9.17, 15) is 4.79 Å². The number of rotatable bonds is 11. The molecule has 230 valence electrons. The molecule has 1 aromatic heterocycles. The number of anilines is 2. The van der Waals surface area contributed by atoms with Crippen molar-refractivity contribution in [2.75, 3.05) is 23.5 Å². The lowest BCUT2D eigenvalue weighted by molar-refractivity contribution is -0.113. The van der Waals surface area contributed by atoms with Crippen LogP contribution in [0.4, 0.5) is 11.6 Å². The van der Waals surface area contributed by atoms with E-state index in [4.69, 9.17) is 19.6 Å². The molecule has 2 N–H and O–H groups in total. The molecule has 0 saturated heterocycles. The number of methoxy groups -OCH3 is 1. The van der Waals surface area contributed by atoms with Crippen molar-refractivity contribution >= 4 is 29.3 Å². The Morgan fingerprint density at radius 2 is 1.80 bits per heavy atom. The molecule has 1 amide bonds. The number of thioether (sulfide) groups is 1. The first kappa shape index (κ1) is 31.2. The zero-order chi connectivity index (χ0) is 31.4. The van der Waals surface area contributed by atoms with Crippen molar-refractivity contribution in [3.05, 3.63) is 99.2 Å². The first-order valence-electron chi connectivity index (χ1n) is 15.0. The van der Waals surface area contributed by atoms with Gasteiger partial charge in [0.15, 0.2) is 11.5 Å². The number of carbonyl (C=O) groups excluding carboxylic acids is 1. The minimum atomic E-state index is -0.533. The summed E-state index contributed by atoms with van der Waals surface area (Å²) >= 11 is 1.62. The summed E-state index contributed by atoms with van der Waals surface area (Å²) in [6, 6.07) is 17.4. The minimum Gasteiger partial charge on any atom is -0.493 e. The third-order valence-electron chi connectivity index (χ3n) is 7.92. The van der Waals surface area contributed by atoms with Crippen molar-refractivity contribution in [1.82, 2.24) is 14.8 Å². The fourth-order valence-electron chi connectivity index (χ4n) is 5.33. The van der Waals surface area contributed by atoms with Gasteiger partial charge in [-0.15, -0.1) is 5.10 Å². The smallest absolute Gasteiger partial charge is 0.255 e. The van der Waals surface area contributed by atoms with Crippen molar-refractivity contribution in [3.63, 3.8) is 0 Å². The predicted molar refractivity (Wildman–Crippen MR) is 178 cm³/mol. The van der Waals surface area contributed by atoms with Gasteiger partial charge in [-0.3, -0.25) is 4.79 Å². The van der Waals surface area contributed by atoms with Gasteiger partial charge in [-0.05, 0) is 98.7 Å². The molecule has 0 saturated carbocycles. The summed E-state index contributed by atoms with van der Waals surface area (Å²) < 4.78 is 13.9. The van der Waals surface area contributed by atoms with Gasteiger partial charge >= 0.3 is 0 Å².